The van der Waals surface area contributed by atoms with E-state index < -0.39 is 0 Å². The predicted octanol–water partition coefficient (Wildman–Crippen LogP) is 0.344. The van der Waals surface area contributed by atoms with Gasteiger partial charge in [0.25, 0.3) is 0 Å². The smallest absolute Gasteiger partial charge is 0.0701 e. The average molecular weight is 213 g/mol. The molecule has 1 aromatic heterocycles. The zero-order valence-electron chi connectivity index (χ0n) is 9.56. The van der Waals surface area contributed by atoms with E-state index in [0.29, 0.717) is 19.8 Å². The van der Waals surface area contributed by atoms with Crippen LogP contribution in [0.4, 0.5) is 0 Å². The SMILES string of the molecule is CNC(COCCOC)c1cnn(C)c1. The van der Waals surface area contributed by atoms with Gasteiger partial charge in [0.2, 0.25) is 0 Å². The summed E-state index contributed by atoms with van der Waals surface area (Å²) in [5, 5.41) is 7.32. The van der Waals surface area contributed by atoms with Crippen LogP contribution in [0.25, 0.3) is 0 Å². The van der Waals surface area contributed by atoms with Gasteiger partial charge in [-0.3, -0.25) is 4.68 Å². The van der Waals surface area contributed by atoms with E-state index in [1.165, 1.54) is 0 Å². The second-order valence-corrected chi connectivity index (χ2v) is 3.36. The average Bonchev–Trinajstić information content (AvgIpc) is 2.65. The van der Waals surface area contributed by atoms with Crippen LogP contribution in [0.5, 0.6) is 0 Å². The van der Waals surface area contributed by atoms with Crippen LogP contribution >= 0.6 is 0 Å². The number of methoxy groups -OCH3 is 1. The van der Waals surface area contributed by atoms with Gasteiger partial charge in [-0.2, -0.15) is 5.10 Å². The van der Waals surface area contributed by atoms with Gasteiger partial charge in [-0.1, -0.05) is 0 Å². The second kappa shape index (κ2) is 6.55. The van der Waals surface area contributed by atoms with E-state index in [2.05, 4.69) is 10.4 Å². The van der Waals surface area contributed by atoms with Gasteiger partial charge >= 0.3 is 0 Å². The number of nitrogens with zero attached hydrogens (tertiary/aromatic N) is 2. The van der Waals surface area contributed by atoms with Crippen LogP contribution in [0, 0.1) is 0 Å². The Balaban J connectivity index is 2.35. The van der Waals surface area contributed by atoms with Crippen LogP contribution < -0.4 is 5.32 Å². The first-order chi connectivity index (χ1) is 7.27. The summed E-state index contributed by atoms with van der Waals surface area (Å²) in [5.41, 5.74) is 1.14. The van der Waals surface area contributed by atoms with Gasteiger partial charge in [-0.25, -0.2) is 0 Å². The zero-order chi connectivity index (χ0) is 11.1. The number of likely N-dealkylation sites (N-methyl/N-ethyl adjacent to an activating group) is 1. The fourth-order valence-electron chi connectivity index (χ4n) is 1.31. The van der Waals surface area contributed by atoms with Gasteiger partial charge < -0.3 is 14.8 Å². The molecule has 1 heterocycles. The molecule has 1 aromatic rings. The quantitative estimate of drug-likeness (QED) is 0.664. The molecule has 86 valence electrons. The fourth-order valence-corrected chi connectivity index (χ4v) is 1.31. The lowest BCUT2D eigenvalue weighted by molar-refractivity contribution is 0.0596. The minimum atomic E-state index is 0.190. The molecule has 1 atom stereocenters. The molecule has 15 heavy (non-hydrogen) atoms. The molecule has 0 fully saturated rings. The summed E-state index contributed by atoms with van der Waals surface area (Å²) in [6.07, 6.45) is 3.84. The summed E-state index contributed by atoms with van der Waals surface area (Å²) >= 11 is 0. The maximum Gasteiger partial charge on any atom is 0.0701 e. The van der Waals surface area contributed by atoms with E-state index in [4.69, 9.17) is 9.47 Å². The van der Waals surface area contributed by atoms with Gasteiger partial charge in [-0.05, 0) is 7.05 Å². The maximum atomic E-state index is 5.47. The van der Waals surface area contributed by atoms with Crippen molar-refractivity contribution in [3.63, 3.8) is 0 Å². The molecule has 5 nitrogen and oxygen atoms in total. The van der Waals surface area contributed by atoms with Gasteiger partial charge in [0.15, 0.2) is 0 Å². The Bertz CT molecular complexity index is 275. The second-order valence-electron chi connectivity index (χ2n) is 3.36. The van der Waals surface area contributed by atoms with Crippen LogP contribution in [-0.2, 0) is 16.5 Å². The monoisotopic (exact) mass is 213 g/mol. The number of hydrogen-bond donors (Lipinski definition) is 1. The molecule has 0 saturated carbocycles. The van der Waals surface area contributed by atoms with Crippen molar-refractivity contribution < 1.29 is 9.47 Å². The third-order valence-electron chi connectivity index (χ3n) is 2.19. The van der Waals surface area contributed by atoms with Crippen molar-refractivity contribution in [2.75, 3.05) is 34.0 Å². The van der Waals surface area contributed by atoms with Crippen LogP contribution in [0.15, 0.2) is 12.4 Å². The Labute approximate surface area is 90.4 Å². The summed E-state index contributed by atoms with van der Waals surface area (Å²) in [4.78, 5) is 0. The lowest BCUT2D eigenvalue weighted by Gasteiger charge is -2.14. The van der Waals surface area contributed by atoms with E-state index in [1.807, 2.05) is 26.5 Å². The molecule has 0 amide bonds. The minimum Gasteiger partial charge on any atom is -0.382 e. The molecular formula is C10H19N3O2. The highest BCUT2D eigenvalue weighted by Gasteiger charge is 2.10. The number of nitrogens with one attached hydrogen (secondary N) is 1. The standard InChI is InChI=1S/C10H19N3O2/c1-11-10(8-15-5-4-14-3)9-6-12-13(2)7-9/h6-7,10-11H,4-5,8H2,1-3H3. The zero-order valence-corrected chi connectivity index (χ0v) is 9.56. The van der Waals surface area contributed by atoms with E-state index in [0.717, 1.165) is 5.56 Å². The fraction of sp³-hybridized carbons (Fsp3) is 0.700. The summed E-state index contributed by atoms with van der Waals surface area (Å²) in [5.74, 6) is 0. The molecular weight excluding hydrogens is 194 g/mol. The summed E-state index contributed by atoms with van der Waals surface area (Å²) in [6.45, 7) is 1.88. The van der Waals surface area contributed by atoms with Crippen molar-refractivity contribution in [2.24, 2.45) is 7.05 Å². The Hall–Kier alpha value is -0.910. The molecule has 1 rings (SSSR count). The number of aryl methyl sites for hydroxylation is 1. The maximum absolute atomic E-state index is 5.47. The third-order valence-corrected chi connectivity index (χ3v) is 2.19. The van der Waals surface area contributed by atoms with Crippen molar-refractivity contribution in [3.8, 4) is 0 Å². The number of aromatic nitrogens is 2. The number of rotatable bonds is 7. The predicted molar refractivity (Wildman–Crippen MR) is 57.7 cm³/mol. The summed E-state index contributed by atoms with van der Waals surface area (Å²) in [6, 6.07) is 0.190. The Morgan fingerprint density at radius 2 is 2.33 bits per heavy atom. The molecule has 1 unspecified atom stereocenters. The lowest BCUT2D eigenvalue weighted by atomic mass is 10.2. The molecule has 5 heteroatoms. The lowest BCUT2D eigenvalue weighted by Crippen LogP contribution is -2.22. The van der Waals surface area contributed by atoms with Gasteiger partial charge in [0, 0.05) is 25.9 Å². The van der Waals surface area contributed by atoms with Gasteiger partial charge in [0.1, 0.15) is 0 Å². The van der Waals surface area contributed by atoms with Crippen molar-refractivity contribution in [1.29, 1.82) is 0 Å². The summed E-state index contributed by atoms with van der Waals surface area (Å²) in [7, 11) is 5.49. The van der Waals surface area contributed by atoms with E-state index >= 15 is 0 Å². The van der Waals surface area contributed by atoms with Crippen molar-refractivity contribution in [2.45, 2.75) is 6.04 Å². The Morgan fingerprint density at radius 3 is 2.87 bits per heavy atom. The Morgan fingerprint density at radius 1 is 1.53 bits per heavy atom. The third kappa shape index (κ3) is 3.99. The molecule has 0 aliphatic rings. The highest BCUT2D eigenvalue weighted by atomic mass is 16.5. The molecule has 0 aromatic carbocycles. The molecule has 0 bridgehead atoms. The van der Waals surface area contributed by atoms with E-state index in [-0.39, 0.29) is 6.04 Å². The van der Waals surface area contributed by atoms with Crippen molar-refractivity contribution >= 4 is 0 Å². The van der Waals surface area contributed by atoms with Crippen LogP contribution in [0.1, 0.15) is 11.6 Å². The molecule has 0 radical (unpaired) electrons. The topological polar surface area (TPSA) is 48.3 Å². The normalized spacial score (nSPS) is 13.0. The number of ether oxygens (including phenoxy) is 2. The summed E-state index contributed by atoms with van der Waals surface area (Å²) < 4.78 is 12.2. The molecule has 1 N–H and O–H groups in total. The van der Waals surface area contributed by atoms with E-state index in [9.17, 15) is 0 Å². The minimum absolute atomic E-state index is 0.190. The van der Waals surface area contributed by atoms with Crippen molar-refractivity contribution in [1.82, 2.24) is 15.1 Å². The van der Waals surface area contributed by atoms with Gasteiger partial charge in [0.05, 0.1) is 32.1 Å². The van der Waals surface area contributed by atoms with Crippen LogP contribution in [-0.4, -0.2) is 43.8 Å². The molecule has 0 aliphatic heterocycles. The molecule has 0 spiro atoms. The van der Waals surface area contributed by atoms with Crippen LogP contribution in [0.3, 0.4) is 0 Å². The Kier molecular flexibility index (Phi) is 5.31. The van der Waals surface area contributed by atoms with E-state index in [1.54, 1.807) is 11.8 Å². The molecule has 0 saturated heterocycles. The van der Waals surface area contributed by atoms with Crippen LogP contribution in [0.2, 0.25) is 0 Å². The largest absolute Gasteiger partial charge is 0.382 e. The van der Waals surface area contributed by atoms with Gasteiger partial charge in [-0.15, -0.1) is 0 Å². The first-order valence-corrected chi connectivity index (χ1v) is 5.00. The number of hydrogen-bond acceptors (Lipinski definition) is 4. The molecule has 0 aliphatic carbocycles. The highest BCUT2D eigenvalue weighted by Crippen LogP contribution is 2.10. The first kappa shape index (κ1) is 12.2. The van der Waals surface area contributed by atoms with Crippen molar-refractivity contribution in [3.05, 3.63) is 18.0 Å². The highest BCUT2D eigenvalue weighted by molar-refractivity contribution is 5.09. The first-order valence-electron chi connectivity index (χ1n) is 5.00.